The SMILES string of the molecule is CCOC(=O)[C@@H]1[C@@H](c2ccc(OC)cc2)[C@H]([N+](=O)[O-])[C@H](c2ccccc2)N1C(=O)OC. The zero-order valence-electron chi connectivity index (χ0n) is 17.5. The molecule has 1 fully saturated rings. The first-order valence-electron chi connectivity index (χ1n) is 9.79. The molecule has 2 aromatic rings. The largest absolute Gasteiger partial charge is 0.497 e. The van der Waals surface area contributed by atoms with Crippen LogP contribution in [0.1, 0.15) is 30.0 Å². The van der Waals surface area contributed by atoms with Crippen molar-refractivity contribution in [2.45, 2.75) is 31.0 Å². The van der Waals surface area contributed by atoms with Gasteiger partial charge in [0.1, 0.15) is 17.8 Å². The highest BCUT2D eigenvalue weighted by Gasteiger charge is 2.62. The average molecular weight is 428 g/mol. The maximum Gasteiger partial charge on any atom is 0.411 e. The standard InChI is InChI=1S/C22H24N2O7/c1-4-31-21(25)20-17(14-10-12-16(29-2)13-11-14)19(24(27)28)18(23(20)22(26)30-3)15-8-6-5-7-9-15/h5-13,17-20H,4H2,1-3H3/t17-,18-,19-,20-/m0/s1. The number of likely N-dealkylation sites (tertiary alicyclic amines) is 1. The van der Waals surface area contributed by atoms with E-state index in [1.54, 1.807) is 61.5 Å². The monoisotopic (exact) mass is 428 g/mol. The summed E-state index contributed by atoms with van der Waals surface area (Å²) in [6.45, 7) is 1.70. The molecule has 4 atom stereocenters. The van der Waals surface area contributed by atoms with E-state index < -0.39 is 41.0 Å². The van der Waals surface area contributed by atoms with E-state index in [9.17, 15) is 19.7 Å². The summed E-state index contributed by atoms with van der Waals surface area (Å²) in [7, 11) is 2.69. The van der Waals surface area contributed by atoms with Crippen molar-refractivity contribution in [2.75, 3.05) is 20.8 Å². The van der Waals surface area contributed by atoms with Crippen molar-refractivity contribution in [3.8, 4) is 5.75 Å². The Kier molecular flexibility index (Phi) is 6.74. The van der Waals surface area contributed by atoms with E-state index in [1.165, 1.54) is 14.2 Å². The van der Waals surface area contributed by atoms with Gasteiger partial charge in [0.05, 0.1) is 26.7 Å². The minimum Gasteiger partial charge on any atom is -0.497 e. The number of hydrogen-bond acceptors (Lipinski definition) is 7. The van der Waals surface area contributed by atoms with Gasteiger partial charge in [0, 0.05) is 4.92 Å². The first-order chi connectivity index (χ1) is 14.9. The number of ether oxygens (including phenoxy) is 3. The fraction of sp³-hybridized carbons (Fsp3) is 0.364. The van der Waals surface area contributed by atoms with Crippen LogP contribution in [0.2, 0.25) is 0 Å². The molecule has 1 aliphatic heterocycles. The second kappa shape index (κ2) is 9.46. The third-order valence-electron chi connectivity index (χ3n) is 5.43. The maximum atomic E-state index is 13.0. The number of carbonyl (C=O) groups is 2. The number of carbonyl (C=O) groups excluding carboxylic acids is 2. The van der Waals surface area contributed by atoms with Gasteiger partial charge in [-0.15, -0.1) is 0 Å². The van der Waals surface area contributed by atoms with Crippen molar-refractivity contribution in [1.29, 1.82) is 0 Å². The van der Waals surface area contributed by atoms with Gasteiger partial charge < -0.3 is 14.2 Å². The molecule has 0 N–H and O–H groups in total. The molecule has 9 heteroatoms. The molecular weight excluding hydrogens is 404 g/mol. The summed E-state index contributed by atoms with van der Waals surface area (Å²) < 4.78 is 15.3. The van der Waals surface area contributed by atoms with E-state index >= 15 is 0 Å². The Morgan fingerprint density at radius 2 is 1.68 bits per heavy atom. The maximum absolute atomic E-state index is 13.0. The van der Waals surface area contributed by atoms with E-state index in [0.29, 0.717) is 16.9 Å². The second-order valence-electron chi connectivity index (χ2n) is 7.00. The van der Waals surface area contributed by atoms with Crippen molar-refractivity contribution in [3.05, 3.63) is 75.8 Å². The summed E-state index contributed by atoms with van der Waals surface area (Å²) in [4.78, 5) is 38.8. The van der Waals surface area contributed by atoms with Crippen LogP contribution in [0, 0.1) is 10.1 Å². The van der Waals surface area contributed by atoms with Gasteiger partial charge in [-0.05, 0) is 30.2 Å². The van der Waals surface area contributed by atoms with Crippen LogP contribution in [0.25, 0.3) is 0 Å². The van der Waals surface area contributed by atoms with Crippen LogP contribution in [-0.2, 0) is 14.3 Å². The molecule has 0 spiro atoms. The first kappa shape index (κ1) is 22.1. The fourth-order valence-electron chi connectivity index (χ4n) is 4.17. The van der Waals surface area contributed by atoms with Crippen LogP contribution in [0.4, 0.5) is 4.79 Å². The molecule has 1 heterocycles. The van der Waals surface area contributed by atoms with Gasteiger partial charge in [-0.1, -0.05) is 42.5 Å². The number of amides is 1. The Labute approximate surface area is 179 Å². The molecule has 0 unspecified atom stereocenters. The summed E-state index contributed by atoms with van der Waals surface area (Å²) in [6.07, 6.45) is -0.838. The number of esters is 1. The summed E-state index contributed by atoms with van der Waals surface area (Å²) in [6, 6.07) is 11.7. The summed E-state index contributed by atoms with van der Waals surface area (Å²) >= 11 is 0. The summed E-state index contributed by atoms with van der Waals surface area (Å²) in [5.74, 6) is -1.11. The molecule has 0 radical (unpaired) electrons. The van der Waals surface area contributed by atoms with Gasteiger partial charge in [0.15, 0.2) is 0 Å². The lowest BCUT2D eigenvalue weighted by molar-refractivity contribution is -0.528. The van der Waals surface area contributed by atoms with Crippen molar-refractivity contribution in [3.63, 3.8) is 0 Å². The molecule has 0 aromatic heterocycles. The Morgan fingerprint density at radius 3 is 2.19 bits per heavy atom. The highest BCUT2D eigenvalue weighted by Crippen LogP contribution is 2.47. The number of methoxy groups -OCH3 is 2. The van der Waals surface area contributed by atoms with Gasteiger partial charge in [-0.2, -0.15) is 0 Å². The lowest BCUT2D eigenvalue weighted by Crippen LogP contribution is -2.44. The van der Waals surface area contributed by atoms with E-state index in [4.69, 9.17) is 14.2 Å². The molecular formula is C22H24N2O7. The smallest absolute Gasteiger partial charge is 0.411 e. The minimum atomic E-state index is -1.30. The van der Waals surface area contributed by atoms with Gasteiger partial charge in [-0.25, -0.2) is 9.59 Å². The highest BCUT2D eigenvalue weighted by atomic mass is 16.6. The predicted octanol–water partition coefficient (Wildman–Crippen LogP) is 3.18. The quantitative estimate of drug-likeness (QED) is 0.395. The zero-order chi connectivity index (χ0) is 22.5. The Bertz CT molecular complexity index is 933. The highest BCUT2D eigenvalue weighted by molar-refractivity contribution is 5.84. The van der Waals surface area contributed by atoms with Crippen LogP contribution in [0.3, 0.4) is 0 Å². The van der Waals surface area contributed by atoms with E-state index in [0.717, 1.165) is 4.90 Å². The van der Waals surface area contributed by atoms with E-state index in [-0.39, 0.29) is 6.61 Å². The molecule has 0 bridgehead atoms. The molecule has 1 aliphatic rings. The molecule has 0 aliphatic carbocycles. The van der Waals surface area contributed by atoms with Crippen molar-refractivity contribution in [1.82, 2.24) is 4.90 Å². The Balaban J connectivity index is 2.23. The van der Waals surface area contributed by atoms with Crippen molar-refractivity contribution < 1.29 is 28.7 Å². The summed E-state index contributed by atoms with van der Waals surface area (Å²) in [5.41, 5.74) is 1.05. The van der Waals surface area contributed by atoms with Crippen LogP contribution in [-0.4, -0.2) is 54.8 Å². The normalized spacial score (nSPS) is 22.6. The van der Waals surface area contributed by atoms with Gasteiger partial charge >= 0.3 is 12.1 Å². The van der Waals surface area contributed by atoms with Crippen LogP contribution >= 0.6 is 0 Å². The number of nitro groups is 1. The van der Waals surface area contributed by atoms with Crippen molar-refractivity contribution >= 4 is 12.1 Å². The molecule has 1 amide bonds. The van der Waals surface area contributed by atoms with Crippen LogP contribution in [0.15, 0.2) is 54.6 Å². The third kappa shape index (κ3) is 4.16. The number of hydrogen-bond donors (Lipinski definition) is 0. The lowest BCUT2D eigenvalue weighted by atomic mass is 9.85. The molecule has 31 heavy (non-hydrogen) atoms. The van der Waals surface area contributed by atoms with E-state index in [1.807, 2.05) is 0 Å². The predicted molar refractivity (Wildman–Crippen MR) is 110 cm³/mol. The summed E-state index contributed by atoms with van der Waals surface area (Å²) in [5, 5.41) is 12.3. The molecule has 3 rings (SSSR count). The number of nitrogens with zero attached hydrogens (tertiary/aromatic N) is 2. The average Bonchev–Trinajstić information content (AvgIpc) is 3.16. The number of benzene rings is 2. The molecule has 164 valence electrons. The van der Waals surface area contributed by atoms with Gasteiger partial charge in [0.2, 0.25) is 6.04 Å². The number of rotatable bonds is 6. The van der Waals surface area contributed by atoms with E-state index in [2.05, 4.69) is 0 Å². The second-order valence-corrected chi connectivity index (χ2v) is 7.00. The first-order valence-corrected chi connectivity index (χ1v) is 9.79. The van der Waals surface area contributed by atoms with Crippen LogP contribution in [0.5, 0.6) is 5.75 Å². The van der Waals surface area contributed by atoms with Crippen molar-refractivity contribution in [2.24, 2.45) is 0 Å². The third-order valence-corrected chi connectivity index (χ3v) is 5.43. The van der Waals surface area contributed by atoms with Gasteiger partial charge in [0.25, 0.3) is 0 Å². The Hall–Kier alpha value is -3.62. The Morgan fingerprint density at radius 1 is 1.03 bits per heavy atom. The molecule has 0 saturated carbocycles. The topological polar surface area (TPSA) is 108 Å². The molecule has 2 aromatic carbocycles. The molecule has 1 saturated heterocycles. The lowest BCUT2D eigenvalue weighted by Gasteiger charge is -2.28. The van der Waals surface area contributed by atoms with Crippen LogP contribution < -0.4 is 4.74 Å². The zero-order valence-corrected chi connectivity index (χ0v) is 17.5. The minimum absolute atomic E-state index is 0.0683. The van der Waals surface area contributed by atoms with Gasteiger partial charge in [-0.3, -0.25) is 15.0 Å². The fourth-order valence-corrected chi connectivity index (χ4v) is 4.17. The molecule has 9 nitrogen and oxygen atoms in total.